The lowest BCUT2D eigenvalue weighted by Gasteiger charge is -2.21. The lowest BCUT2D eigenvalue weighted by atomic mass is 9.81. The summed E-state index contributed by atoms with van der Waals surface area (Å²) in [5, 5.41) is 3.26. The lowest BCUT2D eigenvalue weighted by molar-refractivity contribution is 0.0838. The van der Waals surface area contributed by atoms with E-state index in [4.69, 9.17) is 4.74 Å². The van der Waals surface area contributed by atoms with Crippen molar-refractivity contribution in [2.24, 2.45) is 5.41 Å². The smallest absolute Gasteiger partial charge is 0.170 e. The quantitative estimate of drug-likeness (QED) is 0.831. The summed E-state index contributed by atoms with van der Waals surface area (Å²) >= 11 is 0. The number of nitrogens with one attached hydrogen (secondary N) is 1. The van der Waals surface area contributed by atoms with Crippen LogP contribution >= 0.6 is 0 Å². The number of hydrogen-bond donors (Lipinski definition) is 1. The van der Waals surface area contributed by atoms with Gasteiger partial charge in [-0.2, -0.15) is 0 Å². The number of hydrogen-bond acceptors (Lipinski definition) is 3. The highest BCUT2D eigenvalue weighted by molar-refractivity contribution is 6.01. The lowest BCUT2D eigenvalue weighted by Crippen LogP contribution is -2.30. The number of Topliss-reactive ketones (excluding diaryl/α,β-unsaturated/α-hetero) is 1. The normalized spacial score (nSPS) is 23.3. The van der Waals surface area contributed by atoms with Gasteiger partial charge in [0.1, 0.15) is 5.75 Å². The van der Waals surface area contributed by atoms with Crippen LogP contribution in [0.4, 0.5) is 0 Å². The monoisotopic (exact) mass is 247 g/mol. The molecule has 1 fully saturated rings. The van der Waals surface area contributed by atoms with Crippen LogP contribution in [0.1, 0.15) is 37.6 Å². The molecule has 0 aromatic heterocycles. The highest BCUT2D eigenvalue weighted by atomic mass is 16.5. The molecule has 0 amide bonds. The van der Waals surface area contributed by atoms with Gasteiger partial charge in [-0.05, 0) is 38.9 Å². The van der Waals surface area contributed by atoms with Gasteiger partial charge in [-0.3, -0.25) is 4.79 Å². The van der Waals surface area contributed by atoms with E-state index < -0.39 is 0 Å². The first kappa shape index (κ1) is 13.1. The first-order valence-corrected chi connectivity index (χ1v) is 6.53. The van der Waals surface area contributed by atoms with Crippen molar-refractivity contribution in [3.05, 3.63) is 29.8 Å². The average Bonchev–Trinajstić information content (AvgIpc) is 2.76. The number of ketones is 1. The van der Waals surface area contributed by atoms with Crippen LogP contribution in [0.15, 0.2) is 24.3 Å². The van der Waals surface area contributed by atoms with Crippen LogP contribution in [-0.4, -0.2) is 25.0 Å². The molecule has 1 aliphatic rings. The molecule has 0 radical (unpaired) electrons. The van der Waals surface area contributed by atoms with Crippen molar-refractivity contribution < 1.29 is 9.53 Å². The maximum atomic E-state index is 12.5. The fourth-order valence-corrected chi connectivity index (χ4v) is 2.34. The molecule has 1 N–H and O–H groups in total. The van der Waals surface area contributed by atoms with E-state index >= 15 is 0 Å². The number of carbonyl (C=O) groups is 1. The standard InChI is InChI=1S/C15H21NO2/c1-11(2)18-13-6-4-5-12(9-13)14(17)15(3)7-8-16-10-15/h4-6,9,11,16H,7-8,10H2,1-3H3. The van der Waals surface area contributed by atoms with Crippen LogP contribution in [-0.2, 0) is 0 Å². The van der Waals surface area contributed by atoms with E-state index in [1.54, 1.807) is 0 Å². The highest BCUT2D eigenvalue weighted by Gasteiger charge is 2.36. The number of benzene rings is 1. The zero-order chi connectivity index (χ0) is 13.2. The molecule has 98 valence electrons. The van der Waals surface area contributed by atoms with Gasteiger partial charge in [0.25, 0.3) is 0 Å². The molecule has 0 saturated carbocycles. The summed E-state index contributed by atoms with van der Waals surface area (Å²) < 4.78 is 5.63. The Balaban J connectivity index is 2.20. The maximum Gasteiger partial charge on any atom is 0.170 e. The predicted molar refractivity (Wildman–Crippen MR) is 72.1 cm³/mol. The van der Waals surface area contributed by atoms with Gasteiger partial charge in [-0.25, -0.2) is 0 Å². The van der Waals surface area contributed by atoms with Crippen molar-refractivity contribution in [2.75, 3.05) is 13.1 Å². The molecule has 18 heavy (non-hydrogen) atoms. The predicted octanol–water partition coefficient (Wildman–Crippen LogP) is 2.66. The van der Waals surface area contributed by atoms with E-state index in [0.29, 0.717) is 0 Å². The second-order valence-electron chi connectivity index (χ2n) is 5.51. The Bertz CT molecular complexity index is 434. The molecule has 3 heteroatoms. The van der Waals surface area contributed by atoms with Crippen molar-refractivity contribution in [3.63, 3.8) is 0 Å². The van der Waals surface area contributed by atoms with Gasteiger partial charge in [-0.1, -0.05) is 19.1 Å². The third-order valence-corrected chi connectivity index (χ3v) is 3.38. The van der Waals surface area contributed by atoms with E-state index in [2.05, 4.69) is 5.32 Å². The van der Waals surface area contributed by atoms with Gasteiger partial charge in [0.15, 0.2) is 5.78 Å². The van der Waals surface area contributed by atoms with Gasteiger partial charge in [-0.15, -0.1) is 0 Å². The fourth-order valence-electron chi connectivity index (χ4n) is 2.34. The van der Waals surface area contributed by atoms with Crippen LogP contribution in [0.2, 0.25) is 0 Å². The summed E-state index contributed by atoms with van der Waals surface area (Å²) in [7, 11) is 0. The molecule has 0 bridgehead atoms. The Hall–Kier alpha value is -1.35. The summed E-state index contributed by atoms with van der Waals surface area (Å²) in [6.07, 6.45) is 1.03. The minimum atomic E-state index is -0.267. The van der Waals surface area contributed by atoms with Gasteiger partial charge in [0, 0.05) is 17.5 Å². The zero-order valence-electron chi connectivity index (χ0n) is 11.3. The van der Waals surface area contributed by atoms with E-state index in [1.807, 2.05) is 45.0 Å². The van der Waals surface area contributed by atoms with E-state index in [-0.39, 0.29) is 17.3 Å². The summed E-state index contributed by atoms with van der Waals surface area (Å²) in [6.45, 7) is 7.68. The second kappa shape index (κ2) is 5.11. The highest BCUT2D eigenvalue weighted by Crippen LogP contribution is 2.30. The molecule has 0 spiro atoms. The van der Waals surface area contributed by atoms with E-state index in [0.717, 1.165) is 30.8 Å². The summed E-state index contributed by atoms with van der Waals surface area (Å²) in [5.74, 6) is 0.979. The minimum Gasteiger partial charge on any atom is -0.491 e. The second-order valence-corrected chi connectivity index (χ2v) is 5.51. The van der Waals surface area contributed by atoms with E-state index in [1.165, 1.54) is 0 Å². The third kappa shape index (κ3) is 2.72. The van der Waals surface area contributed by atoms with Crippen molar-refractivity contribution >= 4 is 5.78 Å². The average molecular weight is 247 g/mol. The summed E-state index contributed by atoms with van der Waals surface area (Å²) in [4.78, 5) is 12.5. The van der Waals surface area contributed by atoms with Gasteiger partial charge in [0.2, 0.25) is 0 Å². The Morgan fingerprint density at radius 3 is 2.83 bits per heavy atom. The fraction of sp³-hybridized carbons (Fsp3) is 0.533. The molecule has 3 nitrogen and oxygen atoms in total. The molecule has 2 rings (SSSR count). The van der Waals surface area contributed by atoms with Crippen LogP contribution in [0, 0.1) is 5.41 Å². The Morgan fingerprint density at radius 2 is 2.22 bits per heavy atom. The van der Waals surface area contributed by atoms with Gasteiger partial charge in [0.05, 0.1) is 6.10 Å². The first-order chi connectivity index (χ1) is 8.51. The zero-order valence-corrected chi connectivity index (χ0v) is 11.3. The molecule has 1 aromatic carbocycles. The number of carbonyl (C=O) groups excluding carboxylic acids is 1. The van der Waals surface area contributed by atoms with Crippen molar-refractivity contribution in [1.82, 2.24) is 5.32 Å². The maximum absolute atomic E-state index is 12.5. The molecule has 1 saturated heterocycles. The van der Waals surface area contributed by atoms with Crippen molar-refractivity contribution in [1.29, 1.82) is 0 Å². The number of ether oxygens (including phenoxy) is 1. The third-order valence-electron chi connectivity index (χ3n) is 3.38. The molecular weight excluding hydrogens is 226 g/mol. The van der Waals surface area contributed by atoms with Crippen LogP contribution in [0.5, 0.6) is 5.75 Å². The van der Waals surface area contributed by atoms with Crippen LogP contribution in [0.3, 0.4) is 0 Å². The molecule has 1 aliphatic heterocycles. The molecular formula is C15H21NO2. The largest absolute Gasteiger partial charge is 0.491 e. The number of rotatable bonds is 4. The summed E-state index contributed by atoms with van der Waals surface area (Å²) in [6, 6.07) is 7.51. The SMILES string of the molecule is CC(C)Oc1cccc(C(=O)C2(C)CCNC2)c1. The van der Waals surface area contributed by atoms with Gasteiger partial charge < -0.3 is 10.1 Å². The van der Waals surface area contributed by atoms with Crippen LogP contribution < -0.4 is 10.1 Å². The molecule has 0 aliphatic carbocycles. The van der Waals surface area contributed by atoms with E-state index in [9.17, 15) is 4.79 Å². The molecule has 1 aromatic rings. The Labute approximate surface area is 109 Å². The van der Waals surface area contributed by atoms with Gasteiger partial charge >= 0.3 is 0 Å². The van der Waals surface area contributed by atoms with Crippen molar-refractivity contribution in [3.8, 4) is 5.75 Å². The van der Waals surface area contributed by atoms with Crippen LogP contribution in [0.25, 0.3) is 0 Å². The summed E-state index contributed by atoms with van der Waals surface area (Å²) in [5.41, 5.74) is 0.482. The Kier molecular flexibility index (Phi) is 3.71. The van der Waals surface area contributed by atoms with Crippen molar-refractivity contribution in [2.45, 2.75) is 33.3 Å². The topological polar surface area (TPSA) is 38.3 Å². The molecule has 1 heterocycles. The minimum absolute atomic E-state index is 0.124. The Morgan fingerprint density at radius 1 is 1.44 bits per heavy atom. The molecule has 1 atom stereocenters. The molecule has 1 unspecified atom stereocenters. The first-order valence-electron chi connectivity index (χ1n) is 6.53.